The molecule has 0 amide bonds. The molecule has 0 aliphatic carbocycles. The minimum Gasteiger partial charge on any atom is -0.507 e. The van der Waals surface area contributed by atoms with Crippen LogP contribution in [0.5, 0.6) is 5.75 Å². The first kappa shape index (κ1) is 32.1. The third-order valence-electron chi connectivity index (χ3n) is 9.44. The maximum absolute atomic E-state index is 11.8. The maximum atomic E-state index is 11.8. The number of nitrogens with zero attached hydrogens (tertiary/aromatic N) is 3. The van der Waals surface area contributed by atoms with Crippen molar-refractivity contribution in [3.05, 3.63) is 144 Å². The van der Waals surface area contributed by atoms with Crippen molar-refractivity contribution in [1.82, 2.24) is 14.4 Å². The Balaban J connectivity index is 1.44. The number of phenolic OH excluding ortho intramolecular Hbond substituents is 1. The van der Waals surface area contributed by atoms with Crippen molar-refractivity contribution in [3.63, 3.8) is 0 Å². The average Bonchev–Trinajstić information content (AvgIpc) is 3.44. The predicted octanol–water partition coefficient (Wildman–Crippen LogP) is 11.7. The molecule has 1 N–H and O–H groups in total. The number of hydrogen-bond acceptors (Lipinski definition) is 3. The second-order valence-corrected chi connectivity index (χ2v) is 15.0. The first-order valence-electron chi connectivity index (χ1n) is 17.0. The molecule has 0 atom stereocenters. The summed E-state index contributed by atoms with van der Waals surface area (Å²) in [6.45, 7) is 15.2. The molecule has 0 saturated carbocycles. The smallest absolute Gasteiger partial charge is 0.145 e. The lowest BCUT2D eigenvalue weighted by Gasteiger charge is -2.27. The SMILES string of the molecule is Cc1c(-c2cc(C(C)(C)C)cc(C(C)(C)C)c2O)nc2c(-c3cc(-c4ccccc4)cc(-c4cc(-c5ccccc5)ccn4)c3)cccn12. The zero-order valence-corrected chi connectivity index (χ0v) is 29.4. The minimum atomic E-state index is -0.238. The number of phenols is 1. The molecule has 0 aliphatic heterocycles. The molecule has 0 spiro atoms. The van der Waals surface area contributed by atoms with Crippen LogP contribution in [-0.2, 0) is 10.8 Å². The van der Waals surface area contributed by atoms with Gasteiger partial charge in [0.05, 0.1) is 11.4 Å². The fourth-order valence-corrected chi connectivity index (χ4v) is 6.61. The Morgan fingerprint density at radius 1 is 0.571 bits per heavy atom. The van der Waals surface area contributed by atoms with Crippen molar-refractivity contribution in [3.8, 4) is 61.6 Å². The Labute approximate surface area is 289 Å². The van der Waals surface area contributed by atoms with Gasteiger partial charge in [0.2, 0.25) is 0 Å². The van der Waals surface area contributed by atoms with Crippen LogP contribution in [0.3, 0.4) is 0 Å². The molecular weight excluding hydrogens is 599 g/mol. The molecule has 3 heterocycles. The lowest BCUT2D eigenvalue weighted by atomic mass is 9.78. The second-order valence-electron chi connectivity index (χ2n) is 15.0. The number of fused-ring (bicyclic) bond motifs is 1. The van der Waals surface area contributed by atoms with Crippen LogP contribution < -0.4 is 0 Å². The van der Waals surface area contributed by atoms with Crippen LogP contribution in [0.15, 0.2) is 128 Å². The van der Waals surface area contributed by atoms with Crippen LogP contribution in [0.1, 0.15) is 58.4 Å². The molecule has 4 aromatic carbocycles. The van der Waals surface area contributed by atoms with Crippen LogP contribution in [0.25, 0.3) is 61.5 Å². The standard InChI is InChI=1S/C45H43N3O/c1-29-41(38-27-36(44(2,3)4)28-39(42(38)49)45(5,6)7)47-43-37(19-14-22-48(29)43)34-23-33(31-17-12-9-13-18-31)24-35(25-34)40-26-32(20-21-46-40)30-15-10-8-11-16-30/h8-28,49H,1-7H3. The molecule has 0 aliphatic rings. The zero-order valence-electron chi connectivity index (χ0n) is 29.4. The zero-order chi connectivity index (χ0) is 34.5. The van der Waals surface area contributed by atoms with E-state index in [0.29, 0.717) is 5.75 Å². The Morgan fingerprint density at radius 3 is 1.86 bits per heavy atom. The quantitative estimate of drug-likeness (QED) is 0.203. The fraction of sp³-hybridized carbons (Fsp3) is 0.200. The van der Waals surface area contributed by atoms with Crippen molar-refractivity contribution in [2.75, 3.05) is 0 Å². The van der Waals surface area contributed by atoms with E-state index in [0.717, 1.165) is 72.8 Å². The molecule has 0 bridgehead atoms. The summed E-state index contributed by atoms with van der Waals surface area (Å²) in [4.78, 5) is 10.2. The van der Waals surface area contributed by atoms with Crippen LogP contribution >= 0.6 is 0 Å². The second kappa shape index (κ2) is 12.2. The lowest BCUT2D eigenvalue weighted by molar-refractivity contribution is 0.446. The monoisotopic (exact) mass is 641 g/mol. The molecule has 0 radical (unpaired) electrons. The summed E-state index contributed by atoms with van der Waals surface area (Å²) in [6, 6.07) is 40.3. The van der Waals surface area contributed by atoms with Gasteiger partial charge in [-0.25, -0.2) is 4.98 Å². The van der Waals surface area contributed by atoms with E-state index in [9.17, 15) is 5.11 Å². The highest BCUT2D eigenvalue weighted by atomic mass is 16.3. The van der Waals surface area contributed by atoms with Crippen molar-refractivity contribution < 1.29 is 5.11 Å². The highest BCUT2D eigenvalue weighted by Gasteiger charge is 2.27. The van der Waals surface area contributed by atoms with Crippen LogP contribution in [0.2, 0.25) is 0 Å². The molecular formula is C45H43N3O. The molecule has 0 saturated heterocycles. The van der Waals surface area contributed by atoms with E-state index < -0.39 is 0 Å². The molecule has 4 heteroatoms. The van der Waals surface area contributed by atoms with Crippen molar-refractivity contribution in [2.24, 2.45) is 0 Å². The van der Waals surface area contributed by atoms with E-state index in [1.54, 1.807) is 0 Å². The number of rotatable bonds is 5. The molecule has 0 fully saturated rings. The van der Waals surface area contributed by atoms with E-state index in [1.807, 2.05) is 18.3 Å². The largest absolute Gasteiger partial charge is 0.507 e. The minimum absolute atomic E-state index is 0.0964. The van der Waals surface area contributed by atoms with E-state index >= 15 is 0 Å². The topological polar surface area (TPSA) is 50.4 Å². The molecule has 49 heavy (non-hydrogen) atoms. The van der Waals surface area contributed by atoms with Crippen molar-refractivity contribution in [1.29, 1.82) is 0 Å². The van der Waals surface area contributed by atoms with E-state index in [2.05, 4.69) is 162 Å². The van der Waals surface area contributed by atoms with Crippen molar-refractivity contribution >= 4 is 5.65 Å². The number of benzene rings is 4. The molecule has 4 nitrogen and oxygen atoms in total. The number of aromatic hydroxyl groups is 1. The summed E-state index contributed by atoms with van der Waals surface area (Å²) in [5.41, 5.74) is 13.7. The summed E-state index contributed by atoms with van der Waals surface area (Å²) in [7, 11) is 0. The highest BCUT2D eigenvalue weighted by molar-refractivity contribution is 5.88. The molecule has 244 valence electrons. The van der Waals surface area contributed by atoms with E-state index in [4.69, 9.17) is 9.97 Å². The van der Waals surface area contributed by atoms with Gasteiger partial charge in [0.25, 0.3) is 0 Å². The summed E-state index contributed by atoms with van der Waals surface area (Å²) >= 11 is 0. The molecule has 7 aromatic rings. The Kier molecular flexibility index (Phi) is 7.99. The van der Waals surface area contributed by atoms with E-state index in [1.165, 1.54) is 5.56 Å². The Bertz CT molecular complexity index is 2300. The summed E-state index contributed by atoms with van der Waals surface area (Å²) in [6.07, 6.45) is 3.95. The van der Waals surface area contributed by atoms with Gasteiger partial charge in [0, 0.05) is 40.3 Å². The van der Waals surface area contributed by atoms with Gasteiger partial charge in [-0.3, -0.25) is 4.98 Å². The fourth-order valence-electron chi connectivity index (χ4n) is 6.61. The third kappa shape index (κ3) is 6.15. The van der Waals surface area contributed by atoms with Gasteiger partial charge in [-0.2, -0.15) is 0 Å². The van der Waals surface area contributed by atoms with Gasteiger partial charge in [0.1, 0.15) is 11.4 Å². The highest BCUT2D eigenvalue weighted by Crippen LogP contribution is 2.44. The first-order valence-corrected chi connectivity index (χ1v) is 17.0. The number of aromatic nitrogens is 3. The number of pyridine rings is 2. The van der Waals surface area contributed by atoms with Crippen LogP contribution in [0.4, 0.5) is 0 Å². The number of imidazole rings is 1. The predicted molar refractivity (Wildman–Crippen MR) is 204 cm³/mol. The van der Waals surface area contributed by atoms with Gasteiger partial charge in [-0.15, -0.1) is 0 Å². The number of aryl methyl sites for hydroxylation is 1. The summed E-state index contributed by atoms with van der Waals surface area (Å²) in [5.74, 6) is 0.297. The van der Waals surface area contributed by atoms with Crippen LogP contribution in [-0.4, -0.2) is 19.5 Å². The first-order chi connectivity index (χ1) is 23.4. The van der Waals surface area contributed by atoms with Gasteiger partial charge in [-0.1, -0.05) is 108 Å². The molecule has 7 rings (SSSR count). The number of hydrogen-bond donors (Lipinski definition) is 1. The Morgan fingerprint density at radius 2 is 1.20 bits per heavy atom. The summed E-state index contributed by atoms with van der Waals surface area (Å²) in [5, 5.41) is 11.8. The van der Waals surface area contributed by atoms with Gasteiger partial charge < -0.3 is 9.51 Å². The normalized spacial score (nSPS) is 12.1. The van der Waals surface area contributed by atoms with E-state index in [-0.39, 0.29) is 10.8 Å². The van der Waals surface area contributed by atoms with Crippen LogP contribution in [0, 0.1) is 6.92 Å². The average molecular weight is 642 g/mol. The Hall–Kier alpha value is -5.48. The van der Waals surface area contributed by atoms with Gasteiger partial charge in [-0.05, 0) is 99.7 Å². The van der Waals surface area contributed by atoms with Gasteiger partial charge in [0.15, 0.2) is 0 Å². The van der Waals surface area contributed by atoms with Crippen molar-refractivity contribution in [2.45, 2.75) is 59.3 Å². The molecule has 0 unspecified atom stereocenters. The lowest BCUT2D eigenvalue weighted by Crippen LogP contribution is -2.17. The third-order valence-corrected chi connectivity index (χ3v) is 9.44. The summed E-state index contributed by atoms with van der Waals surface area (Å²) < 4.78 is 2.15. The maximum Gasteiger partial charge on any atom is 0.145 e. The molecule has 3 aromatic heterocycles. The van der Waals surface area contributed by atoms with Gasteiger partial charge >= 0.3 is 0 Å².